The average molecular weight is 234 g/mol. The zero-order valence-electron chi connectivity index (χ0n) is 10.7. The summed E-state index contributed by atoms with van der Waals surface area (Å²) < 4.78 is 5.20. The van der Waals surface area contributed by atoms with Crippen molar-refractivity contribution in [3.63, 3.8) is 0 Å². The van der Waals surface area contributed by atoms with E-state index in [-0.39, 0.29) is 5.97 Å². The quantitative estimate of drug-likeness (QED) is 0.500. The molecule has 1 aromatic carbocycles. The van der Waals surface area contributed by atoms with E-state index < -0.39 is 0 Å². The molecule has 0 atom stereocenters. The Balaban J connectivity index is 2.05. The molecule has 0 bridgehead atoms. The normalized spacial score (nSPS) is 10.2. The number of hydrogen-bond donors (Lipinski definition) is 0. The van der Waals surface area contributed by atoms with Crippen LogP contribution in [0.5, 0.6) is 0 Å². The van der Waals surface area contributed by atoms with Crippen LogP contribution in [0.2, 0.25) is 0 Å². The van der Waals surface area contributed by atoms with E-state index in [4.69, 9.17) is 4.74 Å². The molecule has 0 spiro atoms. The third-order valence-electron chi connectivity index (χ3n) is 2.73. The molecule has 94 valence electrons. The molecule has 0 heterocycles. The first-order valence-electron chi connectivity index (χ1n) is 6.52. The van der Waals surface area contributed by atoms with Crippen LogP contribution in [0.15, 0.2) is 30.3 Å². The third-order valence-corrected chi connectivity index (χ3v) is 2.73. The Labute approximate surface area is 104 Å². The van der Waals surface area contributed by atoms with Gasteiger partial charge in [-0.3, -0.25) is 4.79 Å². The maximum absolute atomic E-state index is 11.4. The number of esters is 1. The van der Waals surface area contributed by atoms with Crippen molar-refractivity contribution in [2.75, 3.05) is 0 Å². The summed E-state index contributed by atoms with van der Waals surface area (Å²) in [5, 5.41) is 0. The minimum Gasteiger partial charge on any atom is -0.461 e. The van der Waals surface area contributed by atoms with Gasteiger partial charge in [-0.2, -0.15) is 0 Å². The Kier molecular flexibility index (Phi) is 7.12. The molecule has 1 rings (SSSR count). The van der Waals surface area contributed by atoms with Gasteiger partial charge in [-0.1, -0.05) is 62.9 Å². The van der Waals surface area contributed by atoms with Crippen molar-refractivity contribution in [3.05, 3.63) is 35.9 Å². The van der Waals surface area contributed by atoms with Crippen LogP contribution in [0.25, 0.3) is 0 Å². The van der Waals surface area contributed by atoms with E-state index in [1.165, 1.54) is 19.3 Å². The van der Waals surface area contributed by atoms with Crippen LogP contribution in [0, 0.1) is 0 Å². The van der Waals surface area contributed by atoms with E-state index in [1.807, 2.05) is 30.3 Å². The van der Waals surface area contributed by atoms with Gasteiger partial charge in [0.25, 0.3) is 0 Å². The van der Waals surface area contributed by atoms with Crippen LogP contribution in [0.3, 0.4) is 0 Å². The second-order valence-corrected chi connectivity index (χ2v) is 4.31. The van der Waals surface area contributed by atoms with Gasteiger partial charge in [-0.15, -0.1) is 0 Å². The Hall–Kier alpha value is -1.31. The number of rotatable bonds is 8. The molecule has 0 aromatic heterocycles. The van der Waals surface area contributed by atoms with Crippen LogP contribution in [0.4, 0.5) is 0 Å². The van der Waals surface area contributed by atoms with E-state index in [0.29, 0.717) is 13.0 Å². The standard InChI is InChI=1S/C15H22O2/c1-2-3-4-5-9-12-15(16)17-13-14-10-7-6-8-11-14/h6-8,10-11H,2-5,9,12-13H2,1H3. The Morgan fingerprint density at radius 1 is 1.06 bits per heavy atom. The lowest BCUT2D eigenvalue weighted by Gasteiger charge is -2.04. The highest BCUT2D eigenvalue weighted by Crippen LogP contribution is 2.07. The molecule has 0 unspecified atom stereocenters. The molecule has 1 aromatic rings. The van der Waals surface area contributed by atoms with Crippen molar-refractivity contribution in [1.82, 2.24) is 0 Å². The number of unbranched alkanes of at least 4 members (excludes halogenated alkanes) is 4. The van der Waals surface area contributed by atoms with Crippen LogP contribution in [0.1, 0.15) is 51.0 Å². The van der Waals surface area contributed by atoms with E-state index >= 15 is 0 Å². The summed E-state index contributed by atoms with van der Waals surface area (Å²) in [7, 11) is 0. The fourth-order valence-corrected chi connectivity index (χ4v) is 1.68. The number of hydrogen-bond acceptors (Lipinski definition) is 2. The van der Waals surface area contributed by atoms with Gasteiger partial charge < -0.3 is 4.74 Å². The average Bonchev–Trinajstić information content (AvgIpc) is 2.37. The summed E-state index contributed by atoms with van der Waals surface area (Å²) in [5.41, 5.74) is 1.05. The van der Waals surface area contributed by atoms with Gasteiger partial charge in [-0.05, 0) is 12.0 Å². The minimum absolute atomic E-state index is 0.0784. The molecule has 0 radical (unpaired) electrons. The summed E-state index contributed by atoms with van der Waals surface area (Å²) in [5.74, 6) is -0.0784. The second-order valence-electron chi connectivity index (χ2n) is 4.31. The zero-order valence-corrected chi connectivity index (χ0v) is 10.7. The molecule has 17 heavy (non-hydrogen) atoms. The highest BCUT2D eigenvalue weighted by Gasteiger charge is 2.02. The first kappa shape index (κ1) is 13.8. The van der Waals surface area contributed by atoms with Crippen molar-refractivity contribution in [1.29, 1.82) is 0 Å². The smallest absolute Gasteiger partial charge is 0.306 e. The molecule has 0 N–H and O–H groups in total. The summed E-state index contributed by atoms with van der Waals surface area (Å²) in [6.07, 6.45) is 6.36. The molecular formula is C15H22O2. The van der Waals surface area contributed by atoms with Crippen LogP contribution in [-0.4, -0.2) is 5.97 Å². The monoisotopic (exact) mass is 234 g/mol. The lowest BCUT2D eigenvalue weighted by Crippen LogP contribution is -2.04. The Morgan fingerprint density at radius 3 is 2.47 bits per heavy atom. The molecule has 2 nitrogen and oxygen atoms in total. The summed E-state index contributed by atoms with van der Waals surface area (Å²) in [6.45, 7) is 2.59. The molecule has 0 aliphatic heterocycles. The number of ether oxygens (including phenoxy) is 1. The largest absolute Gasteiger partial charge is 0.461 e. The number of benzene rings is 1. The lowest BCUT2D eigenvalue weighted by molar-refractivity contribution is -0.145. The molecule has 2 heteroatoms. The summed E-state index contributed by atoms with van der Waals surface area (Å²) in [6, 6.07) is 9.80. The lowest BCUT2D eigenvalue weighted by atomic mass is 10.1. The molecule has 0 saturated heterocycles. The first-order valence-corrected chi connectivity index (χ1v) is 6.52. The fourth-order valence-electron chi connectivity index (χ4n) is 1.68. The van der Waals surface area contributed by atoms with Gasteiger partial charge in [-0.25, -0.2) is 0 Å². The van der Waals surface area contributed by atoms with Crippen LogP contribution >= 0.6 is 0 Å². The highest BCUT2D eigenvalue weighted by atomic mass is 16.5. The predicted molar refractivity (Wildman–Crippen MR) is 69.6 cm³/mol. The Morgan fingerprint density at radius 2 is 1.76 bits per heavy atom. The fraction of sp³-hybridized carbons (Fsp3) is 0.533. The van der Waals surface area contributed by atoms with E-state index in [0.717, 1.165) is 18.4 Å². The first-order chi connectivity index (χ1) is 8.33. The van der Waals surface area contributed by atoms with Crippen LogP contribution < -0.4 is 0 Å². The molecule has 0 fully saturated rings. The zero-order chi connectivity index (χ0) is 12.3. The maximum atomic E-state index is 11.4. The van der Waals surface area contributed by atoms with E-state index in [2.05, 4.69) is 6.92 Å². The minimum atomic E-state index is -0.0784. The second kappa shape index (κ2) is 8.80. The highest BCUT2D eigenvalue weighted by molar-refractivity contribution is 5.69. The molecular weight excluding hydrogens is 212 g/mol. The van der Waals surface area contributed by atoms with Crippen molar-refractivity contribution in [2.45, 2.75) is 52.1 Å². The van der Waals surface area contributed by atoms with Crippen molar-refractivity contribution in [3.8, 4) is 0 Å². The van der Waals surface area contributed by atoms with E-state index in [9.17, 15) is 4.79 Å². The topological polar surface area (TPSA) is 26.3 Å². The summed E-state index contributed by atoms with van der Waals surface area (Å²) >= 11 is 0. The van der Waals surface area contributed by atoms with Gasteiger partial charge in [0.2, 0.25) is 0 Å². The van der Waals surface area contributed by atoms with Crippen molar-refractivity contribution < 1.29 is 9.53 Å². The van der Waals surface area contributed by atoms with Gasteiger partial charge in [0, 0.05) is 6.42 Å². The van der Waals surface area contributed by atoms with Gasteiger partial charge in [0.05, 0.1) is 0 Å². The van der Waals surface area contributed by atoms with E-state index in [1.54, 1.807) is 0 Å². The molecule has 0 saturated carbocycles. The molecule has 0 aliphatic carbocycles. The third kappa shape index (κ3) is 6.77. The molecule has 0 amide bonds. The molecule has 0 aliphatic rings. The van der Waals surface area contributed by atoms with Gasteiger partial charge in [0.15, 0.2) is 0 Å². The van der Waals surface area contributed by atoms with Crippen molar-refractivity contribution in [2.24, 2.45) is 0 Å². The Bertz CT molecular complexity index is 306. The SMILES string of the molecule is CCCCCCCC(=O)OCc1ccccc1. The van der Waals surface area contributed by atoms with Gasteiger partial charge >= 0.3 is 5.97 Å². The number of carbonyl (C=O) groups is 1. The van der Waals surface area contributed by atoms with Gasteiger partial charge in [0.1, 0.15) is 6.61 Å². The maximum Gasteiger partial charge on any atom is 0.306 e. The summed E-state index contributed by atoms with van der Waals surface area (Å²) in [4.78, 5) is 11.4. The van der Waals surface area contributed by atoms with Crippen molar-refractivity contribution >= 4 is 5.97 Å². The van der Waals surface area contributed by atoms with Crippen LogP contribution in [-0.2, 0) is 16.1 Å². The predicted octanol–water partition coefficient (Wildman–Crippen LogP) is 4.09. The number of carbonyl (C=O) groups excluding carboxylic acids is 1.